The summed E-state index contributed by atoms with van der Waals surface area (Å²) in [6.45, 7) is 4.63. The van der Waals surface area contributed by atoms with Gasteiger partial charge in [0.05, 0.1) is 5.92 Å². The maximum Gasteiger partial charge on any atom is 0.253 e. The van der Waals surface area contributed by atoms with E-state index in [0.29, 0.717) is 25.2 Å². The Hall–Kier alpha value is -2.69. The van der Waals surface area contributed by atoms with E-state index in [4.69, 9.17) is 0 Å². The first kappa shape index (κ1) is 15.8. The molecule has 0 unspecified atom stereocenters. The molecule has 0 N–H and O–H groups in total. The zero-order valence-corrected chi connectivity index (χ0v) is 14.3. The molecular weight excluding hydrogens is 314 g/mol. The van der Waals surface area contributed by atoms with Gasteiger partial charge < -0.3 is 9.80 Å². The van der Waals surface area contributed by atoms with E-state index in [1.54, 1.807) is 24.5 Å². The van der Waals surface area contributed by atoms with Crippen molar-refractivity contribution in [3.8, 4) is 0 Å². The fourth-order valence-electron chi connectivity index (χ4n) is 3.96. The molecule has 25 heavy (non-hydrogen) atoms. The molecule has 0 bridgehead atoms. The average Bonchev–Trinajstić information content (AvgIpc) is 3.15. The molecule has 2 fully saturated rings. The monoisotopic (exact) mass is 335 g/mol. The Balaban J connectivity index is 1.42. The van der Waals surface area contributed by atoms with Gasteiger partial charge in [-0.25, -0.2) is 0 Å². The predicted octanol–water partition coefficient (Wildman–Crippen LogP) is 2.12. The van der Waals surface area contributed by atoms with Crippen molar-refractivity contribution in [1.29, 1.82) is 0 Å². The zero-order chi connectivity index (χ0) is 17.4. The number of nitrogens with zero attached hydrogens (tertiary/aromatic N) is 3. The minimum absolute atomic E-state index is 0.00478. The van der Waals surface area contributed by atoms with E-state index in [1.165, 1.54) is 5.56 Å². The largest absolute Gasteiger partial charge is 0.338 e. The summed E-state index contributed by atoms with van der Waals surface area (Å²) in [5.41, 5.74) is 3.01. The number of benzene rings is 1. The van der Waals surface area contributed by atoms with Gasteiger partial charge in [-0.2, -0.15) is 0 Å². The van der Waals surface area contributed by atoms with E-state index in [-0.39, 0.29) is 23.7 Å². The number of carbonyl (C=O) groups is 2. The molecule has 0 aliphatic carbocycles. The van der Waals surface area contributed by atoms with Gasteiger partial charge in [0, 0.05) is 50.1 Å². The van der Waals surface area contributed by atoms with E-state index in [2.05, 4.69) is 30.1 Å². The van der Waals surface area contributed by atoms with Crippen LogP contribution in [0.4, 0.5) is 0 Å². The van der Waals surface area contributed by atoms with Gasteiger partial charge in [0.1, 0.15) is 0 Å². The number of fused-ring (bicyclic) bond motifs is 1. The second-order valence-corrected chi connectivity index (χ2v) is 7.02. The Labute approximate surface area is 147 Å². The second-order valence-electron chi connectivity index (χ2n) is 7.02. The van der Waals surface area contributed by atoms with Crippen LogP contribution in [0.15, 0.2) is 48.8 Å². The maximum absolute atomic E-state index is 12.8. The van der Waals surface area contributed by atoms with Crippen LogP contribution in [0.25, 0.3) is 0 Å². The van der Waals surface area contributed by atoms with Crippen molar-refractivity contribution in [2.75, 3.05) is 19.6 Å². The van der Waals surface area contributed by atoms with Gasteiger partial charge in [-0.1, -0.05) is 29.8 Å². The average molecular weight is 335 g/mol. The van der Waals surface area contributed by atoms with Crippen molar-refractivity contribution in [2.24, 2.45) is 11.8 Å². The lowest BCUT2D eigenvalue weighted by Crippen LogP contribution is -2.35. The highest BCUT2D eigenvalue weighted by atomic mass is 16.2. The molecule has 5 heteroatoms. The van der Waals surface area contributed by atoms with Crippen LogP contribution in [0, 0.1) is 18.8 Å². The third-order valence-corrected chi connectivity index (χ3v) is 5.20. The summed E-state index contributed by atoms with van der Waals surface area (Å²) in [5.74, 6) is 0.352. The van der Waals surface area contributed by atoms with Gasteiger partial charge in [0.2, 0.25) is 5.91 Å². The molecule has 5 nitrogen and oxygen atoms in total. The third-order valence-electron chi connectivity index (χ3n) is 5.20. The van der Waals surface area contributed by atoms with E-state index in [9.17, 15) is 9.59 Å². The first-order valence-electron chi connectivity index (χ1n) is 8.65. The highest BCUT2D eigenvalue weighted by Gasteiger charge is 2.47. The first-order valence-corrected chi connectivity index (χ1v) is 8.65. The molecule has 3 heterocycles. The molecule has 2 atom stereocenters. The van der Waals surface area contributed by atoms with E-state index >= 15 is 0 Å². The highest BCUT2D eigenvalue weighted by molar-refractivity contribution is 5.95. The number of rotatable bonds is 3. The van der Waals surface area contributed by atoms with E-state index < -0.39 is 0 Å². The van der Waals surface area contributed by atoms with Gasteiger partial charge in [0.15, 0.2) is 0 Å². The number of carbonyl (C=O) groups excluding carboxylic acids is 2. The number of hydrogen-bond acceptors (Lipinski definition) is 3. The summed E-state index contributed by atoms with van der Waals surface area (Å²) < 4.78 is 0. The van der Waals surface area contributed by atoms with Crippen molar-refractivity contribution >= 4 is 11.8 Å². The molecule has 0 spiro atoms. The lowest BCUT2D eigenvalue weighted by molar-refractivity contribution is -0.131. The molecule has 128 valence electrons. The van der Waals surface area contributed by atoms with Gasteiger partial charge >= 0.3 is 0 Å². The number of pyridine rings is 1. The molecule has 1 aromatic heterocycles. The molecule has 4 rings (SSSR count). The summed E-state index contributed by atoms with van der Waals surface area (Å²) in [5, 5.41) is 0. The van der Waals surface area contributed by atoms with Crippen LogP contribution in [-0.4, -0.2) is 46.2 Å². The minimum atomic E-state index is -0.0596. The van der Waals surface area contributed by atoms with Crippen molar-refractivity contribution in [1.82, 2.24) is 14.8 Å². The Morgan fingerprint density at radius 2 is 1.96 bits per heavy atom. The summed E-state index contributed by atoms with van der Waals surface area (Å²) in [7, 11) is 0. The lowest BCUT2D eigenvalue weighted by atomic mass is 10.0. The number of aromatic nitrogens is 1. The smallest absolute Gasteiger partial charge is 0.253 e. The fourth-order valence-corrected chi connectivity index (χ4v) is 3.96. The molecule has 1 aromatic carbocycles. The van der Waals surface area contributed by atoms with Crippen LogP contribution >= 0.6 is 0 Å². The Bertz CT molecular complexity index is 806. The van der Waals surface area contributed by atoms with Gasteiger partial charge in [-0.05, 0) is 24.6 Å². The van der Waals surface area contributed by atoms with E-state index in [1.807, 2.05) is 15.9 Å². The third kappa shape index (κ3) is 3.02. The van der Waals surface area contributed by atoms with Crippen LogP contribution in [0.2, 0.25) is 0 Å². The van der Waals surface area contributed by atoms with Crippen LogP contribution in [0.5, 0.6) is 0 Å². The normalized spacial score (nSPS) is 22.4. The number of aryl methyl sites for hydroxylation is 1. The number of hydrogen-bond donors (Lipinski definition) is 0. The van der Waals surface area contributed by atoms with Crippen LogP contribution in [-0.2, 0) is 11.3 Å². The second kappa shape index (κ2) is 6.31. The fraction of sp³-hybridized carbons (Fsp3) is 0.350. The summed E-state index contributed by atoms with van der Waals surface area (Å²) in [6.07, 6.45) is 3.25. The zero-order valence-electron chi connectivity index (χ0n) is 14.3. The van der Waals surface area contributed by atoms with Crippen molar-refractivity contribution < 1.29 is 9.59 Å². The SMILES string of the molecule is Cc1cccc(CN2C[C@@H]3CN(C(=O)c4ccncc4)C[C@@H]3C2=O)c1. The van der Waals surface area contributed by atoms with Gasteiger partial charge in [0.25, 0.3) is 5.91 Å². The lowest BCUT2D eigenvalue weighted by Gasteiger charge is -2.22. The van der Waals surface area contributed by atoms with Crippen LogP contribution in [0.1, 0.15) is 21.5 Å². The molecular formula is C20H21N3O2. The molecule has 2 aliphatic heterocycles. The predicted molar refractivity (Wildman–Crippen MR) is 93.7 cm³/mol. The van der Waals surface area contributed by atoms with Gasteiger partial charge in [-0.3, -0.25) is 14.6 Å². The molecule has 2 saturated heterocycles. The highest BCUT2D eigenvalue weighted by Crippen LogP contribution is 2.33. The minimum Gasteiger partial charge on any atom is -0.338 e. The summed E-state index contributed by atoms with van der Waals surface area (Å²) in [4.78, 5) is 33.0. The van der Waals surface area contributed by atoms with Crippen molar-refractivity contribution in [3.63, 3.8) is 0 Å². The van der Waals surface area contributed by atoms with Crippen molar-refractivity contribution in [2.45, 2.75) is 13.5 Å². The summed E-state index contributed by atoms with van der Waals surface area (Å²) in [6, 6.07) is 11.7. The Morgan fingerprint density at radius 3 is 2.68 bits per heavy atom. The molecule has 0 radical (unpaired) electrons. The molecule has 2 aliphatic rings. The standard InChI is InChI=1S/C20H21N3O2/c1-14-3-2-4-15(9-14)10-22-11-17-12-23(13-18(17)20(22)25)19(24)16-5-7-21-8-6-16/h2-9,17-18H,10-13H2,1H3/t17-,18+/m1/s1. The Kier molecular flexibility index (Phi) is 3.99. The van der Waals surface area contributed by atoms with Crippen LogP contribution in [0.3, 0.4) is 0 Å². The summed E-state index contributed by atoms with van der Waals surface area (Å²) >= 11 is 0. The van der Waals surface area contributed by atoms with Gasteiger partial charge in [-0.15, -0.1) is 0 Å². The Morgan fingerprint density at radius 1 is 1.16 bits per heavy atom. The molecule has 2 amide bonds. The number of amides is 2. The van der Waals surface area contributed by atoms with Crippen molar-refractivity contribution in [3.05, 3.63) is 65.5 Å². The van der Waals surface area contributed by atoms with E-state index in [0.717, 1.165) is 12.1 Å². The maximum atomic E-state index is 12.8. The van der Waals surface area contributed by atoms with Crippen LogP contribution < -0.4 is 0 Å². The number of likely N-dealkylation sites (tertiary alicyclic amines) is 2. The molecule has 0 saturated carbocycles. The molecule has 2 aromatic rings. The first-order chi connectivity index (χ1) is 12.1. The topological polar surface area (TPSA) is 53.5 Å². The quantitative estimate of drug-likeness (QED) is 0.863.